The number of nitrogens with two attached hydrogens (primary N) is 1. The summed E-state index contributed by atoms with van der Waals surface area (Å²) in [5.74, 6) is -1.48. The lowest BCUT2D eigenvalue weighted by Crippen LogP contribution is -2.36. The first-order chi connectivity index (χ1) is 13.7. The minimum absolute atomic E-state index is 0.0589. The summed E-state index contributed by atoms with van der Waals surface area (Å²) in [5, 5.41) is 11.4. The Hall–Kier alpha value is -2.82. The monoisotopic (exact) mass is 449 g/mol. The van der Waals surface area contributed by atoms with Crippen LogP contribution in [0.25, 0.3) is 6.08 Å². The average molecular weight is 450 g/mol. The van der Waals surface area contributed by atoms with Gasteiger partial charge in [-0.1, -0.05) is 29.4 Å². The second-order valence-corrected chi connectivity index (χ2v) is 8.32. The van der Waals surface area contributed by atoms with Crippen molar-refractivity contribution in [2.24, 2.45) is 5.73 Å². The largest absolute Gasteiger partial charge is 0.368 e. The van der Waals surface area contributed by atoms with Gasteiger partial charge in [0, 0.05) is 16.0 Å². The van der Waals surface area contributed by atoms with Crippen molar-refractivity contribution in [2.45, 2.75) is 9.79 Å². The standard InChI is InChI=1S/C18H12ClN3O5S2/c19-11-2-4-12(5-3-11)28-14-6-1-10(7-13(14)22(26)27)8-15-17(24)21(9-16(20)23)18(25)29-15/h1-8H,9H2,(H2,20,23)/b15-8-. The second-order valence-electron chi connectivity index (χ2n) is 5.77. The number of halogens is 1. The van der Waals surface area contributed by atoms with Crippen LogP contribution in [0.3, 0.4) is 0 Å². The molecule has 8 nitrogen and oxygen atoms in total. The van der Waals surface area contributed by atoms with Gasteiger partial charge in [-0.25, -0.2) is 0 Å². The van der Waals surface area contributed by atoms with Crippen LogP contribution in [0, 0.1) is 10.1 Å². The van der Waals surface area contributed by atoms with E-state index in [4.69, 9.17) is 17.3 Å². The third-order valence-corrected chi connectivity index (χ3v) is 5.94. The van der Waals surface area contributed by atoms with Gasteiger partial charge in [-0.2, -0.15) is 0 Å². The molecular formula is C18H12ClN3O5S2. The third-order valence-electron chi connectivity index (χ3n) is 3.71. The van der Waals surface area contributed by atoms with Crippen LogP contribution >= 0.6 is 35.1 Å². The van der Waals surface area contributed by atoms with Crippen LogP contribution in [0.15, 0.2) is 57.2 Å². The Morgan fingerprint density at radius 2 is 1.93 bits per heavy atom. The van der Waals surface area contributed by atoms with Crippen molar-refractivity contribution in [2.75, 3.05) is 6.54 Å². The van der Waals surface area contributed by atoms with E-state index >= 15 is 0 Å². The van der Waals surface area contributed by atoms with E-state index in [-0.39, 0.29) is 10.6 Å². The molecule has 0 atom stereocenters. The second kappa shape index (κ2) is 8.68. The topological polar surface area (TPSA) is 124 Å². The number of benzene rings is 2. The Morgan fingerprint density at radius 3 is 2.55 bits per heavy atom. The number of nitro groups is 1. The Labute approximate surface area is 178 Å². The van der Waals surface area contributed by atoms with Crippen molar-refractivity contribution < 1.29 is 19.3 Å². The summed E-state index contributed by atoms with van der Waals surface area (Å²) in [7, 11) is 0. The van der Waals surface area contributed by atoms with Crippen molar-refractivity contribution in [3.05, 3.63) is 68.1 Å². The number of nitrogens with zero attached hydrogens (tertiary/aromatic N) is 2. The Kier molecular flexibility index (Phi) is 6.26. The Balaban J connectivity index is 1.88. The fourth-order valence-electron chi connectivity index (χ4n) is 2.43. The van der Waals surface area contributed by atoms with E-state index in [1.165, 1.54) is 23.9 Å². The summed E-state index contributed by atoms with van der Waals surface area (Å²) in [5.41, 5.74) is 5.27. The first-order valence-corrected chi connectivity index (χ1v) is 10.0. The number of nitro benzene ring substituents is 1. The van der Waals surface area contributed by atoms with E-state index in [1.54, 1.807) is 36.4 Å². The lowest BCUT2D eigenvalue weighted by Gasteiger charge is -2.08. The first-order valence-electron chi connectivity index (χ1n) is 8.00. The van der Waals surface area contributed by atoms with Crippen molar-refractivity contribution >= 4 is 63.9 Å². The van der Waals surface area contributed by atoms with E-state index in [0.29, 0.717) is 27.2 Å². The number of imide groups is 1. The SMILES string of the molecule is NC(=O)CN1C(=O)S/C(=C\c2ccc(Sc3ccc(Cl)cc3)c([N+](=O)[O-])c2)C1=O. The fourth-order valence-corrected chi connectivity index (χ4v) is 4.29. The minimum Gasteiger partial charge on any atom is -0.368 e. The highest BCUT2D eigenvalue weighted by Gasteiger charge is 2.35. The van der Waals surface area contributed by atoms with Gasteiger partial charge in [-0.05, 0) is 53.7 Å². The smallest absolute Gasteiger partial charge is 0.294 e. The number of rotatable bonds is 6. The molecule has 3 amide bonds. The average Bonchev–Trinajstić information content (AvgIpc) is 2.91. The van der Waals surface area contributed by atoms with Gasteiger partial charge in [0.05, 0.1) is 14.7 Å². The molecule has 0 aliphatic carbocycles. The molecule has 0 radical (unpaired) electrons. The molecule has 11 heteroatoms. The highest BCUT2D eigenvalue weighted by molar-refractivity contribution is 8.18. The van der Waals surface area contributed by atoms with Crippen LogP contribution in [-0.4, -0.2) is 33.4 Å². The van der Waals surface area contributed by atoms with Crippen LogP contribution in [0.5, 0.6) is 0 Å². The van der Waals surface area contributed by atoms with Crippen molar-refractivity contribution in [3.8, 4) is 0 Å². The van der Waals surface area contributed by atoms with Gasteiger partial charge < -0.3 is 5.73 Å². The zero-order valence-electron chi connectivity index (χ0n) is 14.5. The van der Waals surface area contributed by atoms with Gasteiger partial charge in [-0.15, -0.1) is 0 Å². The summed E-state index contributed by atoms with van der Waals surface area (Å²) in [4.78, 5) is 48.1. The Bertz CT molecular complexity index is 1060. The van der Waals surface area contributed by atoms with Gasteiger partial charge in [0.1, 0.15) is 6.54 Å². The number of carbonyl (C=O) groups is 3. The normalized spacial score (nSPS) is 15.2. The van der Waals surface area contributed by atoms with E-state index < -0.39 is 28.5 Å². The number of hydrogen-bond donors (Lipinski definition) is 1. The molecule has 1 heterocycles. The molecule has 0 saturated carbocycles. The number of hydrogen-bond acceptors (Lipinski definition) is 7. The van der Waals surface area contributed by atoms with Gasteiger partial charge >= 0.3 is 0 Å². The zero-order chi connectivity index (χ0) is 21.1. The summed E-state index contributed by atoms with van der Waals surface area (Å²) in [6.07, 6.45) is 1.37. The van der Waals surface area contributed by atoms with Crippen molar-refractivity contribution in [1.29, 1.82) is 0 Å². The van der Waals surface area contributed by atoms with Crippen molar-refractivity contribution in [1.82, 2.24) is 4.90 Å². The molecule has 148 valence electrons. The maximum Gasteiger partial charge on any atom is 0.294 e. The van der Waals surface area contributed by atoms with Crippen LogP contribution in [0.4, 0.5) is 10.5 Å². The molecule has 29 heavy (non-hydrogen) atoms. The van der Waals surface area contributed by atoms with Crippen LogP contribution < -0.4 is 5.73 Å². The molecule has 0 aromatic heterocycles. The highest BCUT2D eigenvalue weighted by Crippen LogP contribution is 2.37. The summed E-state index contributed by atoms with van der Waals surface area (Å²) < 4.78 is 0. The lowest BCUT2D eigenvalue weighted by molar-refractivity contribution is -0.387. The molecule has 0 bridgehead atoms. The zero-order valence-corrected chi connectivity index (χ0v) is 16.9. The third kappa shape index (κ3) is 4.97. The molecule has 1 aliphatic rings. The number of thioether (sulfide) groups is 1. The van der Waals surface area contributed by atoms with E-state index in [0.717, 1.165) is 9.80 Å². The van der Waals surface area contributed by atoms with Crippen LogP contribution in [0.1, 0.15) is 5.56 Å². The molecule has 2 aromatic rings. The van der Waals surface area contributed by atoms with Crippen LogP contribution in [0.2, 0.25) is 5.02 Å². The molecular weight excluding hydrogens is 438 g/mol. The number of primary amides is 1. The maximum atomic E-state index is 12.3. The van der Waals surface area contributed by atoms with Crippen LogP contribution in [-0.2, 0) is 9.59 Å². The molecule has 1 aliphatic heterocycles. The predicted octanol–water partition coefficient (Wildman–Crippen LogP) is 3.92. The summed E-state index contributed by atoms with van der Waals surface area (Å²) >= 11 is 7.70. The molecule has 2 aromatic carbocycles. The summed E-state index contributed by atoms with van der Waals surface area (Å²) in [6.45, 7) is -0.515. The van der Waals surface area contributed by atoms with Gasteiger partial charge in [0.25, 0.3) is 16.8 Å². The molecule has 3 rings (SSSR count). The Morgan fingerprint density at radius 1 is 1.24 bits per heavy atom. The quantitative estimate of drug-likeness (QED) is 0.402. The lowest BCUT2D eigenvalue weighted by atomic mass is 10.2. The highest BCUT2D eigenvalue weighted by atomic mass is 35.5. The number of carbonyl (C=O) groups excluding carboxylic acids is 3. The van der Waals surface area contributed by atoms with E-state index in [2.05, 4.69) is 0 Å². The van der Waals surface area contributed by atoms with Gasteiger partial charge in [0.2, 0.25) is 5.91 Å². The minimum atomic E-state index is -0.812. The maximum absolute atomic E-state index is 12.3. The predicted molar refractivity (Wildman–Crippen MR) is 111 cm³/mol. The van der Waals surface area contributed by atoms with Gasteiger partial charge in [-0.3, -0.25) is 29.4 Å². The summed E-state index contributed by atoms with van der Waals surface area (Å²) in [6, 6.07) is 11.4. The van der Waals surface area contributed by atoms with Crippen molar-refractivity contribution in [3.63, 3.8) is 0 Å². The molecule has 2 N–H and O–H groups in total. The molecule has 0 spiro atoms. The van der Waals surface area contributed by atoms with E-state index in [9.17, 15) is 24.5 Å². The van der Waals surface area contributed by atoms with Gasteiger partial charge in [0.15, 0.2) is 0 Å². The fraction of sp³-hybridized carbons (Fsp3) is 0.0556. The van der Waals surface area contributed by atoms with E-state index in [1.807, 2.05) is 0 Å². The molecule has 1 saturated heterocycles. The molecule has 1 fully saturated rings. The number of amides is 3. The molecule has 0 unspecified atom stereocenters. The first kappa shape index (κ1) is 20.9.